The van der Waals surface area contributed by atoms with E-state index in [0.29, 0.717) is 25.0 Å². The molecule has 0 bridgehead atoms. The Balaban J connectivity index is 1.60. The number of ether oxygens (including phenoxy) is 1. The maximum absolute atomic E-state index is 11.7. The van der Waals surface area contributed by atoms with E-state index in [0.717, 1.165) is 13.0 Å². The predicted octanol–water partition coefficient (Wildman–Crippen LogP) is 0.821. The molecule has 1 amide bonds. The average molecular weight is 268 g/mol. The molecule has 0 spiro atoms. The molecular formula is C12H20N4O3. The van der Waals surface area contributed by atoms with Crippen LogP contribution < -0.4 is 5.32 Å². The van der Waals surface area contributed by atoms with Gasteiger partial charge in [0.1, 0.15) is 5.60 Å². The van der Waals surface area contributed by atoms with Gasteiger partial charge in [-0.2, -0.15) is 4.98 Å². The highest BCUT2D eigenvalue weighted by atomic mass is 16.6. The summed E-state index contributed by atoms with van der Waals surface area (Å²) in [5, 5.41) is 7.06. The SMILES string of the molecule is CC(C)(C)OC(=O)N1CC(NCCc2ncon2)C1. The molecule has 0 unspecified atom stereocenters. The van der Waals surface area contributed by atoms with E-state index in [9.17, 15) is 4.79 Å². The smallest absolute Gasteiger partial charge is 0.410 e. The first-order chi connectivity index (χ1) is 8.94. The fourth-order valence-electron chi connectivity index (χ4n) is 1.77. The number of nitrogens with one attached hydrogen (secondary N) is 1. The van der Waals surface area contributed by atoms with Crippen molar-refractivity contribution in [3.05, 3.63) is 12.2 Å². The molecule has 1 N–H and O–H groups in total. The lowest BCUT2D eigenvalue weighted by molar-refractivity contribution is 0.00540. The van der Waals surface area contributed by atoms with Crippen molar-refractivity contribution in [1.29, 1.82) is 0 Å². The Morgan fingerprint density at radius 2 is 2.32 bits per heavy atom. The van der Waals surface area contributed by atoms with E-state index < -0.39 is 5.60 Å². The second-order valence-corrected chi connectivity index (χ2v) is 5.63. The zero-order chi connectivity index (χ0) is 13.9. The number of carbonyl (C=O) groups is 1. The van der Waals surface area contributed by atoms with E-state index in [1.807, 2.05) is 20.8 Å². The highest BCUT2D eigenvalue weighted by Crippen LogP contribution is 2.15. The normalized spacial score (nSPS) is 16.3. The monoisotopic (exact) mass is 268 g/mol. The Hall–Kier alpha value is -1.63. The summed E-state index contributed by atoms with van der Waals surface area (Å²) in [7, 11) is 0. The van der Waals surface area contributed by atoms with Gasteiger partial charge < -0.3 is 19.5 Å². The minimum absolute atomic E-state index is 0.247. The Morgan fingerprint density at radius 1 is 1.58 bits per heavy atom. The lowest BCUT2D eigenvalue weighted by Gasteiger charge is -2.40. The maximum Gasteiger partial charge on any atom is 0.410 e. The molecule has 1 saturated heterocycles. The quantitative estimate of drug-likeness (QED) is 0.870. The van der Waals surface area contributed by atoms with Crippen LogP contribution in [0, 0.1) is 0 Å². The molecule has 106 valence electrons. The van der Waals surface area contributed by atoms with Crippen LogP contribution in [0.15, 0.2) is 10.9 Å². The highest BCUT2D eigenvalue weighted by Gasteiger charge is 2.33. The summed E-state index contributed by atoms with van der Waals surface area (Å²) in [6, 6.07) is 0.319. The molecule has 0 aromatic carbocycles. The van der Waals surface area contributed by atoms with Crippen molar-refractivity contribution in [3.8, 4) is 0 Å². The van der Waals surface area contributed by atoms with Gasteiger partial charge in [0.2, 0.25) is 6.39 Å². The number of nitrogens with zero attached hydrogens (tertiary/aromatic N) is 3. The van der Waals surface area contributed by atoms with E-state index in [4.69, 9.17) is 4.74 Å². The molecule has 2 heterocycles. The summed E-state index contributed by atoms with van der Waals surface area (Å²) in [5.41, 5.74) is -0.436. The van der Waals surface area contributed by atoms with Gasteiger partial charge >= 0.3 is 6.09 Å². The van der Waals surface area contributed by atoms with Crippen LogP contribution in [-0.4, -0.2) is 52.4 Å². The molecule has 7 heteroatoms. The lowest BCUT2D eigenvalue weighted by atomic mass is 10.1. The van der Waals surface area contributed by atoms with Crippen molar-refractivity contribution >= 4 is 6.09 Å². The van der Waals surface area contributed by atoms with E-state index in [1.165, 1.54) is 6.39 Å². The Morgan fingerprint density at radius 3 is 2.89 bits per heavy atom. The van der Waals surface area contributed by atoms with Gasteiger partial charge in [0.05, 0.1) is 0 Å². The number of likely N-dealkylation sites (tertiary alicyclic amines) is 1. The van der Waals surface area contributed by atoms with Gasteiger partial charge in [-0.3, -0.25) is 0 Å². The van der Waals surface area contributed by atoms with E-state index in [2.05, 4.69) is 20.0 Å². The average Bonchev–Trinajstić information content (AvgIpc) is 2.71. The third kappa shape index (κ3) is 4.20. The fourth-order valence-corrected chi connectivity index (χ4v) is 1.77. The number of amides is 1. The van der Waals surface area contributed by atoms with Crippen LogP contribution in [0.4, 0.5) is 4.79 Å². The first-order valence-electron chi connectivity index (χ1n) is 6.40. The molecule has 1 aliphatic heterocycles. The molecule has 0 aliphatic carbocycles. The second kappa shape index (κ2) is 5.56. The number of rotatable bonds is 4. The zero-order valence-corrected chi connectivity index (χ0v) is 11.5. The fraction of sp³-hybridized carbons (Fsp3) is 0.750. The van der Waals surface area contributed by atoms with Gasteiger partial charge in [0.15, 0.2) is 5.82 Å². The number of hydrogen-bond donors (Lipinski definition) is 1. The van der Waals surface area contributed by atoms with Crippen LogP contribution in [0.3, 0.4) is 0 Å². The van der Waals surface area contributed by atoms with Gasteiger partial charge in [-0.1, -0.05) is 5.16 Å². The van der Waals surface area contributed by atoms with Gasteiger partial charge in [-0.25, -0.2) is 4.79 Å². The molecule has 0 radical (unpaired) electrons. The van der Waals surface area contributed by atoms with Gasteiger partial charge in [-0.05, 0) is 20.8 Å². The van der Waals surface area contributed by atoms with Gasteiger partial charge in [-0.15, -0.1) is 0 Å². The van der Waals surface area contributed by atoms with Crippen molar-refractivity contribution in [2.45, 2.75) is 38.8 Å². The Labute approximate surface area is 112 Å². The summed E-state index contributed by atoms with van der Waals surface area (Å²) in [5.74, 6) is 0.691. The molecule has 0 saturated carbocycles. The second-order valence-electron chi connectivity index (χ2n) is 5.63. The molecule has 1 fully saturated rings. The third-order valence-electron chi connectivity index (χ3n) is 2.72. The largest absolute Gasteiger partial charge is 0.444 e. The van der Waals surface area contributed by atoms with Crippen LogP contribution in [0.1, 0.15) is 26.6 Å². The summed E-state index contributed by atoms with van der Waals surface area (Å²) in [6.45, 7) is 7.73. The molecule has 1 aliphatic rings. The standard InChI is InChI=1S/C12H20N4O3/c1-12(2,3)19-11(17)16-6-9(7-16)13-5-4-10-14-8-18-15-10/h8-9,13H,4-7H2,1-3H3. The molecule has 7 nitrogen and oxygen atoms in total. The lowest BCUT2D eigenvalue weighted by Crippen LogP contribution is -2.60. The van der Waals surface area contributed by atoms with E-state index >= 15 is 0 Å². The minimum Gasteiger partial charge on any atom is -0.444 e. The highest BCUT2D eigenvalue weighted by molar-refractivity contribution is 5.69. The van der Waals surface area contributed by atoms with Crippen LogP contribution in [0.2, 0.25) is 0 Å². The summed E-state index contributed by atoms with van der Waals surface area (Å²) in [6.07, 6.45) is 1.80. The summed E-state index contributed by atoms with van der Waals surface area (Å²) < 4.78 is 9.93. The number of aromatic nitrogens is 2. The van der Waals surface area contributed by atoms with Gasteiger partial charge in [0, 0.05) is 32.1 Å². The Kier molecular flexibility index (Phi) is 4.04. The summed E-state index contributed by atoms with van der Waals surface area (Å²) >= 11 is 0. The zero-order valence-electron chi connectivity index (χ0n) is 11.5. The van der Waals surface area contributed by atoms with Crippen LogP contribution in [-0.2, 0) is 11.2 Å². The van der Waals surface area contributed by atoms with Crippen LogP contribution >= 0.6 is 0 Å². The third-order valence-corrected chi connectivity index (χ3v) is 2.72. The predicted molar refractivity (Wildman–Crippen MR) is 67.6 cm³/mol. The van der Waals surface area contributed by atoms with Gasteiger partial charge in [0.25, 0.3) is 0 Å². The topological polar surface area (TPSA) is 80.5 Å². The first kappa shape index (κ1) is 13.8. The minimum atomic E-state index is -0.436. The van der Waals surface area contributed by atoms with Crippen molar-refractivity contribution in [2.24, 2.45) is 0 Å². The molecule has 0 atom stereocenters. The van der Waals surface area contributed by atoms with Crippen LogP contribution in [0.5, 0.6) is 0 Å². The number of carbonyl (C=O) groups excluding carboxylic acids is 1. The van der Waals surface area contributed by atoms with Crippen LogP contribution in [0.25, 0.3) is 0 Å². The van der Waals surface area contributed by atoms with E-state index in [-0.39, 0.29) is 6.09 Å². The molecular weight excluding hydrogens is 248 g/mol. The molecule has 1 aromatic rings. The Bertz CT molecular complexity index is 407. The summed E-state index contributed by atoms with van der Waals surface area (Å²) in [4.78, 5) is 17.3. The first-order valence-corrected chi connectivity index (χ1v) is 6.40. The van der Waals surface area contributed by atoms with E-state index in [1.54, 1.807) is 4.90 Å². The maximum atomic E-state index is 11.7. The van der Waals surface area contributed by atoms with Crippen molar-refractivity contribution in [2.75, 3.05) is 19.6 Å². The molecule has 1 aromatic heterocycles. The van der Waals surface area contributed by atoms with Crippen molar-refractivity contribution in [3.63, 3.8) is 0 Å². The van der Waals surface area contributed by atoms with Crippen molar-refractivity contribution in [1.82, 2.24) is 20.4 Å². The number of hydrogen-bond acceptors (Lipinski definition) is 6. The van der Waals surface area contributed by atoms with Crippen molar-refractivity contribution < 1.29 is 14.1 Å². The molecule has 2 rings (SSSR count). The molecule has 19 heavy (non-hydrogen) atoms.